The molecule has 0 atom stereocenters. The molecule has 3 rings (SSSR count). The Kier molecular flexibility index (Phi) is 8.65. The van der Waals surface area contributed by atoms with Crippen molar-refractivity contribution >= 4 is 39.6 Å². The Morgan fingerprint density at radius 2 is 1.74 bits per heavy atom. The van der Waals surface area contributed by atoms with Crippen LogP contribution in [0.1, 0.15) is 27.0 Å². The molecular formula is C27H23BrN2O5. The molecule has 178 valence electrons. The van der Waals surface area contributed by atoms with Crippen LogP contribution in [0.15, 0.2) is 70.7 Å². The maximum absolute atomic E-state index is 12.7. The second kappa shape index (κ2) is 11.9. The van der Waals surface area contributed by atoms with Crippen LogP contribution in [0.3, 0.4) is 0 Å². The number of aryl methyl sites for hydroxylation is 1. The maximum atomic E-state index is 12.7. The molecule has 0 saturated heterocycles. The Hall–Kier alpha value is -4.09. The molecule has 0 aromatic heterocycles. The van der Waals surface area contributed by atoms with E-state index in [-0.39, 0.29) is 5.57 Å². The van der Waals surface area contributed by atoms with Gasteiger partial charge in [0.05, 0.1) is 24.3 Å². The summed E-state index contributed by atoms with van der Waals surface area (Å²) in [6, 6.07) is 19.5. The predicted octanol–water partition coefficient (Wildman–Crippen LogP) is 5.68. The number of carbonyl (C=O) groups excluding carboxylic acids is 2. The Balaban J connectivity index is 1.77. The van der Waals surface area contributed by atoms with Crippen molar-refractivity contribution < 1.29 is 23.8 Å². The van der Waals surface area contributed by atoms with Crippen LogP contribution in [0.25, 0.3) is 6.08 Å². The zero-order valence-electron chi connectivity index (χ0n) is 19.4. The van der Waals surface area contributed by atoms with Crippen molar-refractivity contribution in [1.82, 2.24) is 0 Å². The zero-order valence-corrected chi connectivity index (χ0v) is 21.0. The zero-order chi connectivity index (χ0) is 25.4. The second-order valence-corrected chi connectivity index (χ2v) is 8.36. The van der Waals surface area contributed by atoms with Gasteiger partial charge in [-0.1, -0.05) is 29.8 Å². The molecule has 0 heterocycles. The first-order chi connectivity index (χ1) is 16.8. The molecule has 35 heavy (non-hydrogen) atoms. The molecule has 3 aromatic rings. The van der Waals surface area contributed by atoms with Crippen molar-refractivity contribution in [2.24, 2.45) is 0 Å². The summed E-state index contributed by atoms with van der Waals surface area (Å²) in [7, 11) is 2.81. The molecule has 3 aromatic carbocycles. The number of benzene rings is 3. The van der Waals surface area contributed by atoms with Crippen LogP contribution in [0.5, 0.6) is 11.5 Å². The second-order valence-electron chi connectivity index (χ2n) is 7.50. The molecule has 0 radical (unpaired) electrons. The van der Waals surface area contributed by atoms with E-state index in [0.717, 1.165) is 5.56 Å². The number of methoxy groups -OCH3 is 2. The number of rotatable bonds is 8. The van der Waals surface area contributed by atoms with E-state index in [1.807, 2.05) is 37.3 Å². The van der Waals surface area contributed by atoms with Crippen molar-refractivity contribution in [3.05, 3.63) is 93.0 Å². The summed E-state index contributed by atoms with van der Waals surface area (Å²) in [5, 5.41) is 12.2. The van der Waals surface area contributed by atoms with E-state index in [1.165, 1.54) is 38.0 Å². The Bertz CT molecular complexity index is 1290. The molecule has 0 unspecified atom stereocenters. The monoisotopic (exact) mass is 534 g/mol. The summed E-state index contributed by atoms with van der Waals surface area (Å²) in [4.78, 5) is 24.2. The van der Waals surface area contributed by atoms with Gasteiger partial charge in [-0.25, -0.2) is 4.79 Å². The first-order valence-corrected chi connectivity index (χ1v) is 11.3. The van der Waals surface area contributed by atoms with E-state index in [2.05, 4.69) is 26.0 Å². The highest BCUT2D eigenvalue weighted by atomic mass is 79.9. The van der Waals surface area contributed by atoms with Crippen LogP contribution < -0.4 is 14.8 Å². The smallest absolute Gasteiger partial charge is 0.337 e. The van der Waals surface area contributed by atoms with E-state index in [1.54, 1.807) is 24.3 Å². The minimum atomic E-state index is -0.590. The maximum Gasteiger partial charge on any atom is 0.337 e. The quantitative estimate of drug-likeness (QED) is 0.227. The molecule has 7 nitrogen and oxygen atoms in total. The number of hydrogen-bond acceptors (Lipinski definition) is 6. The largest absolute Gasteiger partial charge is 0.493 e. The molecule has 1 amide bonds. The Labute approximate surface area is 212 Å². The Morgan fingerprint density at radius 1 is 1.06 bits per heavy atom. The topological polar surface area (TPSA) is 97.7 Å². The fourth-order valence-electron chi connectivity index (χ4n) is 3.12. The molecule has 0 bridgehead atoms. The van der Waals surface area contributed by atoms with Gasteiger partial charge in [-0.05, 0) is 76.5 Å². The number of nitrogens with one attached hydrogen (secondary N) is 1. The number of carbonyl (C=O) groups is 2. The molecular weight excluding hydrogens is 512 g/mol. The lowest BCUT2D eigenvalue weighted by Gasteiger charge is -2.14. The van der Waals surface area contributed by atoms with Gasteiger partial charge < -0.3 is 19.5 Å². The third-order valence-corrected chi connectivity index (χ3v) is 5.58. The first kappa shape index (κ1) is 25.5. The third kappa shape index (κ3) is 6.71. The summed E-state index contributed by atoms with van der Waals surface area (Å²) >= 11 is 3.50. The van der Waals surface area contributed by atoms with Crippen LogP contribution in [-0.4, -0.2) is 26.1 Å². The van der Waals surface area contributed by atoms with Gasteiger partial charge in [0.15, 0.2) is 11.5 Å². The first-order valence-electron chi connectivity index (χ1n) is 10.5. The SMILES string of the molecule is COC(=O)c1ccc(NC(=O)/C(C#N)=C/c2cc(Br)c(OCc3ccc(C)cc3)c(OC)c2)cc1. The fourth-order valence-corrected chi connectivity index (χ4v) is 3.70. The summed E-state index contributed by atoms with van der Waals surface area (Å²) in [6.45, 7) is 2.37. The summed E-state index contributed by atoms with van der Waals surface area (Å²) in [5.74, 6) is -0.105. The number of esters is 1. The van der Waals surface area contributed by atoms with E-state index in [0.29, 0.717) is 39.4 Å². The van der Waals surface area contributed by atoms with Crippen LogP contribution in [0, 0.1) is 18.3 Å². The van der Waals surface area contributed by atoms with Gasteiger partial charge in [0, 0.05) is 5.69 Å². The molecule has 0 saturated carbocycles. The molecule has 0 aliphatic carbocycles. The van der Waals surface area contributed by atoms with Crippen LogP contribution in [0.4, 0.5) is 5.69 Å². The standard InChI is InChI=1S/C27H23BrN2O5/c1-17-4-6-18(7-5-17)16-35-25-23(28)13-19(14-24(25)33-2)12-21(15-29)26(31)30-22-10-8-20(9-11-22)27(32)34-3/h4-14H,16H2,1-3H3,(H,30,31)/b21-12+. The number of amides is 1. The predicted molar refractivity (Wildman–Crippen MR) is 136 cm³/mol. The van der Waals surface area contributed by atoms with Crippen molar-refractivity contribution in [1.29, 1.82) is 5.26 Å². The highest BCUT2D eigenvalue weighted by Crippen LogP contribution is 2.37. The van der Waals surface area contributed by atoms with Gasteiger partial charge >= 0.3 is 5.97 Å². The number of nitrogens with zero attached hydrogens (tertiary/aromatic N) is 1. The summed E-state index contributed by atoms with van der Waals surface area (Å²) in [5.41, 5.74) is 3.43. The number of ether oxygens (including phenoxy) is 3. The number of hydrogen-bond donors (Lipinski definition) is 1. The normalized spacial score (nSPS) is 10.8. The number of nitriles is 1. The number of anilines is 1. The van der Waals surface area contributed by atoms with E-state index >= 15 is 0 Å². The van der Waals surface area contributed by atoms with Crippen molar-refractivity contribution in [2.75, 3.05) is 19.5 Å². The molecule has 0 aliphatic rings. The summed E-state index contributed by atoms with van der Waals surface area (Å²) < 4.78 is 16.7. The number of halogens is 1. The van der Waals surface area contributed by atoms with Crippen molar-refractivity contribution in [3.63, 3.8) is 0 Å². The molecule has 0 fully saturated rings. The highest BCUT2D eigenvalue weighted by Gasteiger charge is 2.15. The van der Waals surface area contributed by atoms with Gasteiger partial charge in [-0.3, -0.25) is 4.79 Å². The van der Waals surface area contributed by atoms with Crippen molar-refractivity contribution in [3.8, 4) is 17.6 Å². The minimum Gasteiger partial charge on any atom is -0.493 e. The van der Waals surface area contributed by atoms with Gasteiger partial charge in [-0.2, -0.15) is 5.26 Å². The van der Waals surface area contributed by atoms with E-state index < -0.39 is 11.9 Å². The van der Waals surface area contributed by atoms with Gasteiger partial charge in [0.25, 0.3) is 5.91 Å². The molecule has 1 N–H and O–H groups in total. The highest BCUT2D eigenvalue weighted by molar-refractivity contribution is 9.10. The van der Waals surface area contributed by atoms with Crippen LogP contribution >= 0.6 is 15.9 Å². The Morgan fingerprint density at radius 3 is 2.34 bits per heavy atom. The van der Waals surface area contributed by atoms with Gasteiger partial charge in [0.2, 0.25) is 0 Å². The molecule has 0 aliphatic heterocycles. The average Bonchev–Trinajstić information content (AvgIpc) is 2.87. The minimum absolute atomic E-state index is 0.107. The lowest BCUT2D eigenvalue weighted by atomic mass is 10.1. The van der Waals surface area contributed by atoms with Gasteiger partial charge in [0.1, 0.15) is 18.2 Å². The average molecular weight is 535 g/mol. The van der Waals surface area contributed by atoms with Crippen LogP contribution in [-0.2, 0) is 16.1 Å². The summed E-state index contributed by atoms with van der Waals surface area (Å²) in [6.07, 6.45) is 1.45. The van der Waals surface area contributed by atoms with E-state index in [9.17, 15) is 14.9 Å². The van der Waals surface area contributed by atoms with E-state index in [4.69, 9.17) is 9.47 Å². The third-order valence-electron chi connectivity index (χ3n) is 5.00. The molecule has 0 spiro atoms. The lowest BCUT2D eigenvalue weighted by Crippen LogP contribution is -2.13. The molecule has 8 heteroatoms. The fraction of sp³-hybridized carbons (Fsp3) is 0.148. The van der Waals surface area contributed by atoms with Crippen LogP contribution in [0.2, 0.25) is 0 Å². The van der Waals surface area contributed by atoms with Crippen molar-refractivity contribution in [2.45, 2.75) is 13.5 Å². The van der Waals surface area contributed by atoms with Gasteiger partial charge in [-0.15, -0.1) is 0 Å². The lowest BCUT2D eigenvalue weighted by molar-refractivity contribution is -0.112.